The molecule has 0 aromatic heterocycles. The van der Waals surface area contributed by atoms with Crippen molar-refractivity contribution in [1.82, 2.24) is 4.90 Å². The van der Waals surface area contributed by atoms with Crippen molar-refractivity contribution in [3.05, 3.63) is 0 Å². The van der Waals surface area contributed by atoms with Crippen molar-refractivity contribution in [1.29, 1.82) is 0 Å². The average Bonchev–Trinajstić information content (AvgIpc) is 1.93. The molecule has 0 saturated carbocycles. The quantitative estimate of drug-likeness (QED) is 0.594. The van der Waals surface area contributed by atoms with Gasteiger partial charge >= 0.3 is 0 Å². The predicted molar refractivity (Wildman–Crippen MR) is 47.1 cm³/mol. The lowest BCUT2D eigenvalue weighted by Gasteiger charge is -2.32. The maximum absolute atomic E-state index is 5.83. The maximum Gasteiger partial charge on any atom is 0.0278 e. The van der Waals surface area contributed by atoms with E-state index in [0.29, 0.717) is 0 Å². The summed E-state index contributed by atoms with van der Waals surface area (Å²) in [6, 6.07) is 0.253. The lowest BCUT2D eigenvalue weighted by atomic mass is 10.1. The van der Waals surface area contributed by atoms with Crippen LogP contribution in [-0.2, 0) is 0 Å². The Morgan fingerprint density at radius 3 is 2.73 bits per heavy atom. The highest BCUT2D eigenvalue weighted by atomic mass is 15.2. The molecule has 2 heteroatoms. The second kappa shape index (κ2) is 4.38. The van der Waals surface area contributed by atoms with E-state index < -0.39 is 0 Å². The highest BCUT2D eigenvalue weighted by Gasteiger charge is 2.15. The first kappa shape index (κ1) is 8.58. The van der Waals surface area contributed by atoms with E-state index in [1.807, 2.05) is 6.92 Å². The van der Waals surface area contributed by atoms with Gasteiger partial charge in [-0.3, -0.25) is 0 Å². The second-order valence-electron chi connectivity index (χ2n) is 3.05. The Kier molecular flexibility index (Phi) is 3.41. The van der Waals surface area contributed by atoms with E-state index in [1.165, 1.54) is 19.5 Å². The minimum atomic E-state index is 0.253. The number of hydrogen-bond acceptors (Lipinski definition) is 2. The molecule has 1 rings (SSSR count). The highest BCUT2D eigenvalue weighted by molar-refractivity contribution is 4.98. The van der Waals surface area contributed by atoms with E-state index in [0.717, 1.165) is 13.0 Å². The Labute approximate surface area is 68.8 Å². The van der Waals surface area contributed by atoms with Gasteiger partial charge in [-0.05, 0) is 26.4 Å². The number of nitrogens with two attached hydrogens (primary N) is 1. The molecule has 1 aliphatic heterocycles. The van der Waals surface area contributed by atoms with Crippen LogP contribution in [-0.4, -0.2) is 30.6 Å². The Morgan fingerprint density at radius 2 is 2.27 bits per heavy atom. The van der Waals surface area contributed by atoms with Gasteiger partial charge in [0.2, 0.25) is 0 Å². The third-order valence-electron chi connectivity index (χ3n) is 1.98. The van der Waals surface area contributed by atoms with Gasteiger partial charge in [0.25, 0.3) is 0 Å². The van der Waals surface area contributed by atoms with Crippen molar-refractivity contribution in [3.8, 4) is 11.8 Å². The molecule has 0 aromatic carbocycles. The Hall–Kier alpha value is -0.520. The number of likely N-dealkylation sites (tertiary alicyclic amines) is 1. The number of nitrogens with zero attached hydrogens (tertiary/aromatic N) is 1. The van der Waals surface area contributed by atoms with Gasteiger partial charge in [-0.1, -0.05) is 0 Å². The summed E-state index contributed by atoms with van der Waals surface area (Å²) in [5.41, 5.74) is 5.83. The first-order chi connectivity index (χ1) is 5.33. The summed E-state index contributed by atoms with van der Waals surface area (Å²) in [7, 11) is 0. The molecule has 2 N–H and O–H groups in total. The van der Waals surface area contributed by atoms with Gasteiger partial charge in [0.15, 0.2) is 0 Å². The highest BCUT2D eigenvalue weighted by Crippen LogP contribution is 2.05. The van der Waals surface area contributed by atoms with E-state index in [1.54, 1.807) is 0 Å². The van der Waals surface area contributed by atoms with Gasteiger partial charge < -0.3 is 10.6 Å². The summed E-state index contributed by atoms with van der Waals surface area (Å²) in [6.07, 6.45) is 2.18. The lowest BCUT2D eigenvalue weighted by Crippen LogP contribution is -2.44. The predicted octanol–water partition coefficient (Wildman–Crippen LogP) is 0.433. The Morgan fingerprint density at radius 1 is 1.55 bits per heavy atom. The SMILES string of the molecule is CC#CCC(N)CN1CCC1. The van der Waals surface area contributed by atoms with Crippen LogP contribution in [0.25, 0.3) is 0 Å². The molecule has 0 bridgehead atoms. The van der Waals surface area contributed by atoms with Crippen LogP contribution in [0, 0.1) is 11.8 Å². The summed E-state index contributed by atoms with van der Waals surface area (Å²) in [6.45, 7) is 5.34. The van der Waals surface area contributed by atoms with E-state index in [2.05, 4.69) is 16.7 Å². The molecule has 1 atom stereocenters. The summed E-state index contributed by atoms with van der Waals surface area (Å²) < 4.78 is 0. The van der Waals surface area contributed by atoms with Gasteiger partial charge in [-0.25, -0.2) is 0 Å². The fourth-order valence-electron chi connectivity index (χ4n) is 1.19. The topological polar surface area (TPSA) is 29.3 Å². The zero-order valence-corrected chi connectivity index (χ0v) is 7.14. The monoisotopic (exact) mass is 152 g/mol. The van der Waals surface area contributed by atoms with Crippen molar-refractivity contribution >= 4 is 0 Å². The van der Waals surface area contributed by atoms with Gasteiger partial charge in [-0.2, -0.15) is 0 Å². The van der Waals surface area contributed by atoms with Gasteiger partial charge in [0.1, 0.15) is 0 Å². The number of hydrogen-bond donors (Lipinski definition) is 1. The molecule has 1 heterocycles. The third kappa shape index (κ3) is 2.92. The normalized spacial score (nSPS) is 19.8. The summed E-state index contributed by atoms with van der Waals surface area (Å²) >= 11 is 0. The molecule has 11 heavy (non-hydrogen) atoms. The molecule has 1 fully saturated rings. The zero-order valence-electron chi connectivity index (χ0n) is 7.14. The van der Waals surface area contributed by atoms with Gasteiger partial charge in [-0.15, -0.1) is 11.8 Å². The average molecular weight is 152 g/mol. The third-order valence-corrected chi connectivity index (χ3v) is 1.98. The van der Waals surface area contributed by atoms with E-state index in [4.69, 9.17) is 5.73 Å². The van der Waals surface area contributed by atoms with E-state index in [9.17, 15) is 0 Å². The Bertz CT molecular complexity index is 162. The van der Waals surface area contributed by atoms with Crippen LogP contribution in [0.4, 0.5) is 0 Å². The molecule has 2 nitrogen and oxygen atoms in total. The van der Waals surface area contributed by atoms with Crippen molar-refractivity contribution in [3.63, 3.8) is 0 Å². The smallest absolute Gasteiger partial charge is 0.0278 e. The van der Waals surface area contributed by atoms with Crippen molar-refractivity contribution < 1.29 is 0 Å². The molecule has 1 saturated heterocycles. The van der Waals surface area contributed by atoms with Crippen LogP contribution in [0.15, 0.2) is 0 Å². The second-order valence-corrected chi connectivity index (χ2v) is 3.05. The van der Waals surface area contributed by atoms with Gasteiger partial charge in [0.05, 0.1) is 0 Å². The van der Waals surface area contributed by atoms with Crippen LogP contribution >= 0.6 is 0 Å². The summed E-state index contributed by atoms with van der Waals surface area (Å²) in [5.74, 6) is 5.86. The molecule has 62 valence electrons. The van der Waals surface area contributed by atoms with E-state index in [-0.39, 0.29) is 6.04 Å². The minimum Gasteiger partial charge on any atom is -0.326 e. The van der Waals surface area contributed by atoms with Crippen molar-refractivity contribution in [2.75, 3.05) is 19.6 Å². The number of rotatable bonds is 3. The molecule has 0 amide bonds. The maximum atomic E-state index is 5.83. The Balaban J connectivity index is 2.07. The largest absolute Gasteiger partial charge is 0.326 e. The van der Waals surface area contributed by atoms with Crippen LogP contribution in [0.5, 0.6) is 0 Å². The molecular formula is C9H16N2. The molecular weight excluding hydrogens is 136 g/mol. The standard InChI is InChI=1S/C9H16N2/c1-2-3-5-9(10)8-11-6-4-7-11/h9H,4-8,10H2,1H3. The lowest BCUT2D eigenvalue weighted by molar-refractivity contribution is 0.171. The molecule has 0 aromatic rings. The fourth-order valence-corrected chi connectivity index (χ4v) is 1.19. The fraction of sp³-hybridized carbons (Fsp3) is 0.778. The zero-order chi connectivity index (χ0) is 8.10. The van der Waals surface area contributed by atoms with Crippen molar-refractivity contribution in [2.45, 2.75) is 25.8 Å². The minimum absolute atomic E-state index is 0.253. The van der Waals surface area contributed by atoms with Crippen molar-refractivity contribution in [2.24, 2.45) is 5.73 Å². The molecule has 0 spiro atoms. The summed E-state index contributed by atoms with van der Waals surface area (Å²) in [4.78, 5) is 2.38. The molecule has 0 radical (unpaired) electrons. The van der Waals surface area contributed by atoms with Crippen LogP contribution in [0.1, 0.15) is 19.8 Å². The van der Waals surface area contributed by atoms with Crippen LogP contribution in [0.3, 0.4) is 0 Å². The molecule has 1 unspecified atom stereocenters. The first-order valence-corrected chi connectivity index (χ1v) is 4.20. The molecule has 1 aliphatic rings. The van der Waals surface area contributed by atoms with Crippen LogP contribution in [0.2, 0.25) is 0 Å². The van der Waals surface area contributed by atoms with Gasteiger partial charge in [0, 0.05) is 19.0 Å². The summed E-state index contributed by atoms with van der Waals surface area (Å²) in [5, 5.41) is 0. The first-order valence-electron chi connectivity index (χ1n) is 4.20. The molecule has 0 aliphatic carbocycles. The van der Waals surface area contributed by atoms with E-state index >= 15 is 0 Å². The van der Waals surface area contributed by atoms with Crippen LogP contribution < -0.4 is 5.73 Å².